The fourth-order valence-corrected chi connectivity index (χ4v) is 3.13. The van der Waals surface area contributed by atoms with E-state index < -0.39 is 5.91 Å². The van der Waals surface area contributed by atoms with Gasteiger partial charge in [-0.15, -0.1) is 0 Å². The molecule has 0 saturated carbocycles. The molecule has 3 aromatic carbocycles. The standard InChI is InChI=1S/C25H22N2O4/c1-16-8-10-19(12-17(16)2)24(28)27-21(25(29)26-20-6-4-3-5-7-20)13-18-9-11-22-23(14-18)31-15-30-22/h3-14H,15H2,1-2H3,(H,26,29)(H,27,28)/b21-13-. The lowest BCUT2D eigenvalue weighted by Gasteiger charge is -2.12. The molecule has 0 atom stereocenters. The van der Waals surface area contributed by atoms with Crippen LogP contribution < -0.4 is 20.1 Å². The third-order valence-electron chi connectivity index (χ3n) is 5.00. The number of hydrogen-bond acceptors (Lipinski definition) is 4. The highest BCUT2D eigenvalue weighted by Gasteiger charge is 2.17. The van der Waals surface area contributed by atoms with E-state index in [1.54, 1.807) is 48.5 Å². The summed E-state index contributed by atoms with van der Waals surface area (Å²) in [5.41, 5.74) is 4.02. The average molecular weight is 414 g/mol. The van der Waals surface area contributed by atoms with Crippen molar-refractivity contribution < 1.29 is 19.1 Å². The maximum Gasteiger partial charge on any atom is 0.272 e. The Morgan fingerprint density at radius 2 is 1.65 bits per heavy atom. The summed E-state index contributed by atoms with van der Waals surface area (Å²) in [5.74, 6) is 0.447. The van der Waals surface area contributed by atoms with Gasteiger partial charge in [-0.1, -0.05) is 30.3 Å². The molecule has 31 heavy (non-hydrogen) atoms. The number of nitrogens with one attached hydrogen (secondary N) is 2. The molecule has 0 aromatic heterocycles. The third kappa shape index (κ3) is 4.75. The molecule has 0 spiro atoms. The lowest BCUT2D eigenvalue weighted by atomic mass is 10.1. The minimum absolute atomic E-state index is 0.117. The fraction of sp³-hybridized carbons (Fsp3) is 0.120. The lowest BCUT2D eigenvalue weighted by Crippen LogP contribution is -2.30. The van der Waals surface area contributed by atoms with Crippen LogP contribution in [0.2, 0.25) is 0 Å². The number of benzene rings is 3. The van der Waals surface area contributed by atoms with Crippen molar-refractivity contribution in [2.45, 2.75) is 13.8 Å². The SMILES string of the molecule is Cc1ccc(C(=O)N/C(=C\c2ccc3c(c2)OCO3)C(=O)Nc2ccccc2)cc1C. The smallest absolute Gasteiger partial charge is 0.272 e. The Labute approximate surface area is 180 Å². The maximum absolute atomic E-state index is 13.0. The molecule has 0 radical (unpaired) electrons. The second kappa shape index (κ2) is 8.75. The van der Waals surface area contributed by atoms with Crippen LogP contribution in [0, 0.1) is 13.8 Å². The number of fused-ring (bicyclic) bond motifs is 1. The lowest BCUT2D eigenvalue weighted by molar-refractivity contribution is -0.113. The quantitative estimate of drug-likeness (QED) is 0.605. The summed E-state index contributed by atoms with van der Waals surface area (Å²) in [6.45, 7) is 4.08. The Morgan fingerprint density at radius 1 is 0.871 bits per heavy atom. The van der Waals surface area contributed by atoms with E-state index in [-0.39, 0.29) is 18.4 Å². The van der Waals surface area contributed by atoms with Gasteiger partial charge in [0.05, 0.1) is 0 Å². The van der Waals surface area contributed by atoms with Crippen molar-refractivity contribution >= 4 is 23.6 Å². The average Bonchev–Trinajstić information content (AvgIpc) is 3.23. The summed E-state index contributed by atoms with van der Waals surface area (Å²) in [4.78, 5) is 25.9. The highest BCUT2D eigenvalue weighted by atomic mass is 16.7. The monoisotopic (exact) mass is 414 g/mol. The van der Waals surface area contributed by atoms with E-state index in [9.17, 15) is 9.59 Å². The summed E-state index contributed by atoms with van der Waals surface area (Å²) >= 11 is 0. The molecule has 0 unspecified atom stereocenters. The molecule has 1 aliphatic rings. The van der Waals surface area contributed by atoms with Gasteiger partial charge in [0.1, 0.15) is 5.70 Å². The highest BCUT2D eigenvalue weighted by Crippen LogP contribution is 2.33. The first-order chi connectivity index (χ1) is 15.0. The van der Waals surface area contributed by atoms with Crippen molar-refractivity contribution in [1.82, 2.24) is 5.32 Å². The molecule has 4 rings (SSSR count). The van der Waals surface area contributed by atoms with E-state index in [1.165, 1.54) is 0 Å². The number of carbonyl (C=O) groups excluding carboxylic acids is 2. The van der Waals surface area contributed by atoms with Crippen LogP contribution in [-0.2, 0) is 4.79 Å². The molecule has 1 heterocycles. The van der Waals surface area contributed by atoms with Crippen LogP contribution in [-0.4, -0.2) is 18.6 Å². The molecule has 1 aliphatic heterocycles. The predicted octanol–water partition coefficient (Wildman–Crippen LogP) is 4.44. The van der Waals surface area contributed by atoms with Gasteiger partial charge in [0.2, 0.25) is 6.79 Å². The molecule has 0 fully saturated rings. The number of carbonyl (C=O) groups is 2. The largest absolute Gasteiger partial charge is 0.454 e. The first kappa shape index (κ1) is 20.2. The van der Waals surface area contributed by atoms with Gasteiger partial charge in [-0.05, 0) is 73.0 Å². The Balaban J connectivity index is 1.63. The second-order valence-electron chi connectivity index (χ2n) is 7.24. The molecule has 2 amide bonds. The molecule has 2 N–H and O–H groups in total. The topological polar surface area (TPSA) is 76.7 Å². The number of para-hydroxylation sites is 1. The zero-order valence-corrected chi connectivity index (χ0v) is 17.3. The minimum Gasteiger partial charge on any atom is -0.454 e. The fourth-order valence-electron chi connectivity index (χ4n) is 3.13. The van der Waals surface area contributed by atoms with Crippen LogP contribution in [0.3, 0.4) is 0 Å². The van der Waals surface area contributed by atoms with Gasteiger partial charge in [-0.3, -0.25) is 9.59 Å². The Hall–Kier alpha value is -4.06. The number of anilines is 1. The second-order valence-corrected chi connectivity index (χ2v) is 7.24. The van der Waals surface area contributed by atoms with Gasteiger partial charge in [0.15, 0.2) is 11.5 Å². The number of rotatable bonds is 5. The van der Waals surface area contributed by atoms with Gasteiger partial charge in [0.25, 0.3) is 11.8 Å². The van der Waals surface area contributed by atoms with Crippen LogP contribution in [0.4, 0.5) is 5.69 Å². The molecule has 6 nitrogen and oxygen atoms in total. The van der Waals surface area contributed by atoms with Crippen LogP contribution in [0.25, 0.3) is 6.08 Å². The van der Waals surface area contributed by atoms with Gasteiger partial charge in [0, 0.05) is 11.3 Å². The first-order valence-electron chi connectivity index (χ1n) is 9.86. The van der Waals surface area contributed by atoms with Crippen molar-refractivity contribution in [3.8, 4) is 11.5 Å². The Bertz CT molecular complexity index is 1170. The van der Waals surface area contributed by atoms with Gasteiger partial charge >= 0.3 is 0 Å². The third-order valence-corrected chi connectivity index (χ3v) is 5.00. The van der Waals surface area contributed by atoms with Gasteiger partial charge in [-0.2, -0.15) is 0 Å². The van der Waals surface area contributed by atoms with Crippen LogP contribution in [0.1, 0.15) is 27.0 Å². The maximum atomic E-state index is 13.0. The predicted molar refractivity (Wildman–Crippen MR) is 119 cm³/mol. The van der Waals surface area contributed by atoms with Crippen LogP contribution in [0.5, 0.6) is 11.5 Å². The summed E-state index contributed by atoms with van der Waals surface area (Å²) in [6, 6.07) is 19.8. The van der Waals surface area contributed by atoms with Crippen molar-refractivity contribution in [1.29, 1.82) is 0 Å². The number of ether oxygens (including phenoxy) is 2. The summed E-state index contributed by atoms with van der Waals surface area (Å²) in [7, 11) is 0. The molecule has 0 aliphatic carbocycles. The highest BCUT2D eigenvalue weighted by molar-refractivity contribution is 6.10. The molecule has 3 aromatic rings. The van der Waals surface area contributed by atoms with E-state index in [1.807, 2.05) is 38.1 Å². The van der Waals surface area contributed by atoms with E-state index in [4.69, 9.17) is 9.47 Å². The summed E-state index contributed by atoms with van der Waals surface area (Å²) < 4.78 is 10.7. The molecule has 0 bridgehead atoms. The zero-order chi connectivity index (χ0) is 21.8. The number of hydrogen-bond donors (Lipinski definition) is 2. The van der Waals surface area contributed by atoms with Crippen molar-refractivity contribution in [3.63, 3.8) is 0 Å². The minimum atomic E-state index is -0.430. The van der Waals surface area contributed by atoms with Gasteiger partial charge < -0.3 is 20.1 Å². The number of amides is 2. The molecule has 0 saturated heterocycles. The number of aryl methyl sites for hydroxylation is 2. The normalized spacial score (nSPS) is 12.4. The van der Waals surface area contributed by atoms with Crippen molar-refractivity contribution in [2.75, 3.05) is 12.1 Å². The van der Waals surface area contributed by atoms with Crippen LogP contribution in [0.15, 0.2) is 72.4 Å². The Morgan fingerprint density at radius 3 is 2.42 bits per heavy atom. The zero-order valence-electron chi connectivity index (χ0n) is 17.3. The van der Waals surface area contributed by atoms with Crippen molar-refractivity contribution in [3.05, 3.63) is 94.7 Å². The molecule has 156 valence electrons. The molecule has 6 heteroatoms. The first-order valence-corrected chi connectivity index (χ1v) is 9.86. The van der Waals surface area contributed by atoms with Crippen LogP contribution >= 0.6 is 0 Å². The summed E-state index contributed by atoms with van der Waals surface area (Å²) in [6.07, 6.45) is 1.61. The molecular formula is C25H22N2O4. The van der Waals surface area contributed by atoms with Gasteiger partial charge in [-0.25, -0.2) is 0 Å². The Kier molecular flexibility index (Phi) is 5.71. The van der Waals surface area contributed by atoms with E-state index in [0.29, 0.717) is 28.3 Å². The van der Waals surface area contributed by atoms with Crippen molar-refractivity contribution in [2.24, 2.45) is 0 Å². The van der Waals surface area contributed by atoms with E-state index in [0.717, 1.165) is 11.1 Å². The van der Waals surface area contributed by atoms with E-state index >= 15 is 0 Å². The summed E-state index contributed by atoms with van der Waals surface area (Å²) in [5, 5.41) is 5.57. The molecular weight excluding hydrogens is 392 g/mol. The van der Waals surface area contributed by atoms with E-state index in [2.05, 4.69) is 10.6 Å².